The molecule has 2 rings (SSSR count). The minimum Gasteiger partial charge on any atom is -0.505 e. The summed E-state index contributed by atoms with van der Waals surface area (Å²) < 4.78 is 0. The van der Waals surface area contributed by atoms with Crippen LogP contribution >= 0.6 is 0 Å². The summed E-state index contributed by atoms with van der Waals surface area (Å²) in [6.07, 6.45) is 5.53. The Morgan fingerprint density at radius 1 is 1.48 bits per heavy atom. The number of nitrogens with zero attached hydrogens (tertiary/aromatic N) is 2. The van der Waals surface area contributed by atoms with Gasteiger partial charge in [0.25, 0.3) is 5.91 Å². The Morgan fingerprint density at radius 2 is 2.26 bits per heavy atom. The summed E-state index contributed by atoms with van der Waals surface area (Å²) in [6.45, 7) is 5.74. The number of carbonyl (C=O) groups excluding carboxylic acids is 2. The topological polar surface area (TPSA) is 82.5 Å². The molecule has 1 saturated heterocycles. The van der Waals surface area contributed by atoms with Crippen LogP contribution in [0.2, 0.25) is 0 Å². The molecule has 1 fully saturated rings. The third-order valence-corrected chi connectivity index (χ3v) is 4.16. The van der Waals surface area contributed by atoms with Gasteiger partial charge in [-0.1, -0.05) is 13.8 Å². The van der Waals surface area contributed by atoms with Crippen molar-refractivity contribution in [3.63, 3.8) is 0 Å². The fraction of sp³-hybridized carbons (Fsp3) is 0.588. The third kappa shape index (κ3) is 4.94. The van der Waals surface area contributed by atoms with E-state index in [9.17, 15) is 14.7 Å². The molecule has 6 nitrogen and oxygen atoms in total. The molecule has 1 unspecified atom stereocenters. The zero-order valence-corrected chi connectivity index (χ0v) is 13.8. The summed E-state index contributed by atoms with van der Waals surface area (Å²) in [5.74, 6) is 0.275. The van der Waals surface area contributed by atoms with Crippen molar-refractivity contribution in [2.24, 2.45) is 5.92 Å². The van der Waals surface area contributed by atoms with Gasteiger partial charge in [0.1, 0.15) is 5.75 Å². The Bertz CT molecular complexity index is 560. The van der Waals surface area contributed by atoms with Gasteiger partial charge < -0.3 is 15.3 Å². The standard InChI is InChI=1S/C17H25N3O3/c1-12(2)6-9-20-10-7-13(3-4-16(20)22)19-17(23)14-5-8-18-11-15(14)21/h5,8,11-13,21H,3-4,6-7,9-10H2,1-2H3,(H,19,23). The molecular weight excluding hydrogens is 294 g/mol. The van der Waals surface area contributed by atoms with E-state index >= 15 is 0 Å². The van der Waals surface area contributed by atoms with Gasteiger partial charge in [0, 0.05) is 31.7 Å². The van der Waals surface area contributed by atoms with Gasteiger partial charge in [-0.15, -0.1) is 0 Å². The molecule has 0 bridgehead atoms. The van der Waals surface area contributed by atoms with Crippen LogP contribution in [-0.2, 0) is 4.79 Å². The number of hydrogen-bond acceptors (Lipinski definition) is 4. The van der Waals surface area contributed by atoms with E-state index in [0.29, 0.717) is 25.3 Å². The van der Waals surface area contributed by atoms with Crippen molar-refractivity contribution >= 4 is 11.8 Å². The lowest BCUT2D eigenvalue weighted by Crippen LogP contribution is -2.36. The lowest BCUT2D eigenvalue weighted by atomic mass is 10.1. The van der Waals surface area contributed by atoms with Gasteiger partial charge in [-0.25, -0.2) is 0 Å². The van der Waals surface area contributed by atoms with Crippen LogP contribution in [-0.4, -0.2) is 45.9 Å². The number of rotatable bonds is 5. The Balaban J connectivity index is 1.91. The molecule has 1 atom stereocenters. The van der Waals surface area contributed by atoms with Crippen molar-refractivity contribution < 1.29 is 14.7 Å². The molecule has 1 aromatic heterocycles. The van der Waals surface area contributed by atoms with Crippen LogP contribution in [0.1, 0.15) is 49.9 Å². The summed E-state index contributed by atoms with van der Waals surface area (Å²) in [5, 5.41) is 12.6. The lowest BCUT2D eigenvalue weighted by Gasteiger charge is -2.22. The molecule has 6 heteroatoms. The number of hydrogen-bond donors (Lipinski definition) is 2. The van der Waals surface area contributed by atoms with Gasteiger partial charge >= 0.3 is 0 Å². The molecule has 23 heavy (non-hydrogen) atoms. The molecule has 0 saturated carbocycles. The Morgan fingerprint density at radius 3 is 2.96 bits per heavy atom. The first kappa shape index (κ1) is 17.2. The second-order valence-electron chi connectivity index (χ2n) is 6.45. The van der Waals surface area contributed by atoms with Crippen molar-refractivity contribution in [2.75, 3.05) is 13.1 Å². The minimum atomic E-state index is -0.321. The smallest absolute Gasteiger partial charge is 0.255 e. The second-order valence-corrected chi connectivity index (χ2v) is 6.45. The van der Waals surface area contributed by atoms with E-state index in [1.54, 1.807) is 0 Å². The van der Waals surface area contributed by atoms with Crippen LogP contribution in [0.25, 0.3) is 0 Å². The van der Waals surface area contributed by atoms with Crippen LogP contribution in [0.5, 0.6) is 5.75 Å². The molecule has 0 aromatic carbocycles. The van der Waals surface area contributed by atoms with E-state index in [2.05, 4.69) is 24.1 Å². The summed E-state index contributed by atoms with van der Waals surface area (Å²) in [4.78, 5) is 30.0. The molecule has 2 amide bonds. The zero-order chi connectivity index (χ0) is 16.8. The lowest BCUT2D eigenvalue weighted by molar-refractivity contribution is -0.130. The molecule has 1 aromatic rings. The maximum atomic E-state index is 12.2. The van der Waals surface area contributed by atoms with E-state index in [0.717, 1.165) is 19.4 Å². The third-order valence-electron chi connectivity index (χ3n) is 4.16. The van der Waals surface area contributed by atoms with Gasteiger partial charge in [-0.2, -0.15) is 0 Å². The fourth-order valence-corrected chi connectivity index (χ4v) is 2.67. The van der Waals surface area contributed by atoms with E-state index < -0.39 is 0 Å². The van der Waals surface area contributed by atoms with Gasteiger partial charge in [-0.05, 0) is 31.2 Å². The maximum absolute atomic E-state index is 12.2. The minimum absolute atomic E-state index is 0.0527. The van der Waals surface area contributed by atoms with Crippen LogP contribution in [0.15, 0.2) is 18.5 Å². The van der Waals surface area contributed by atoms with Crippen molar-refractivity contribution in [1.82, 2.24) is 15.2 Å². The van der Waals surface area contributed by atoms with Crippen LogP contribution in [0.3, 0.4) is 0 Å². The maximum Gasteiger partial charge on any atom is 0.255 e. The molecule has 1 aliphatic heterocycles. The highest BCUT2D eigenvalue weighted by Crippen LogP contribution is 2.17. The number of carbonyl (C=O) groups is 2. The molecule has 0 spiro atoms. The normalized spacial score (nSPS) is 18.8. The van der Waals surface area contributed by atoms with Crippen molar-refractivity contribution in [3.05, 3.63) is 24.0 Å². The first-order valence-electron chi connectivity index (χ1n) is 8.19. The molecule has 2 heterocycles. The molecule has 0 aliphatic carbocycles. The predicted molar refractivity (Wildman–Crippen MR) is 87.0 cm³/mol. The molecular formula is C17H25N3O3. The van der Waals surface area contributed by atoms with Crippen LogP contribution in [0, 0.1) is 5.92 Å². The number of pyridine rings is 1. The highest BCUT2D eigenvalue weighted by Gasteiger charge is 2.24. The average molecular weight is 319 g/mol. The van der Waals surface area contributed by atoms with E-state index in [-0.39, 0.29) is 29.2 Å². The summed E-state index contributed by atoms with van der Waals surface area (Å²) in [7, 11) is 0. The van der Waals surface area contributed by atoms with Gasteiger partial charge in [0.15, 0.2) is 0 Å². The number of nitrogens with one attached hydrogen (secondary N) is 1. The number of amides is 2. The Labute approximate surface area is 136 Å². The highest BCUT2D eigenvalue weighted by atomic mass is 16.3. The zero-order valence-electron chi connectivity index (χ0n) is 13.8. The van der Waals surface area contributed by atoms with E-state index in [4.69, 9.17) is 0 Å². The first-order chi connectivity index (χ1) is 11.0. The predicted octanol–water partition coefficient (Wildman–Crippen LogP) is 1.94. The Hall–Kier alpha value is -2.11. The quantitative estimate of drug-likeness (QED) is 0.869. The first-order valence-corrected chi connectivity index (χ1v) is 8.19. The summed E-state index contributed by atoms with van der Waals surface area (Å²) in [5.41, 5.74) is 0.215. The molecule has 2 N–H and O–H groups in total. The summed E-state index contributed by atoms with van der Waals surface area (Å²) >= 11 is 0. The van der Waals surface area contributed by atoms with Crippen molar-refractivity contribution in [1.29, 1.82) is 0 Å². The molecule has 126 valence electrons. The van der Waals surface area contributed by atoms with Crippen LogP contribution < -0.4 is 5.32 Å². The van der Waals surface area contributed by atoms with Crippen molar-refractivity contribution in [2.45, 2.75) is 45.6 Å². The number of likely N-dealkylation sites (tertiary alicyclic amines) is 1. The number of aromatic nitrogens is 1. The number of aromatic hydroxyl groups is 1. The molecule has 1 aliphatic rings. The summed E-state index contributed by atoms with van der Waals surface area (Å²) in [6, 6.07) is 1.43. The van der Waals surface area contributed by atoms with E-state index in [1.807, 2.05) is 4.90 Å². The van der Waals surface area contributed by atoms with Gasteiger partial charge in [0.2, 0.25) is 5.91 Å². The van der Waals surface area contributed by atoms with Gasteiger partial charge in [0.05, 0.1) is 11.8 Å². The highest BCUT2D eigenvalue weighted by molar-refractivity contribution is 5.96. The van der Waals surface area contributed by atoms with Crippen molar-refractivity contribution in [3.8, 4) is 5.75 Å². The Kier molecular flexibility index (Phi) is 5.96. The van der Waals surface area contributed by atoms with Crippen LogP contribution in [0.4, 0.5) is 0 Å². The molecule has 0 radical (unpaired) electrons. The van der Waals surface area contributed by atoms with E-state index in [1.165, 1.54) is 18.5 Å². The largest absolute Gasteiger partial charge is 0.505 e. The van der Waals surface area contributed by atoms with Gasteiger partial charge in [-0.3, -0.25) is 14.6 Å². The second kappa shape index (κ2) is 7.94. The monoisotopic (exact) mass is 319 g/mol. The average Bonchev–Trinajstić information content (AvgIpc) is 2.68. The SMILES string of the molecule is CC(C)CCN1CCC(NC(=O)c2ccncc2O)CCC1=O. The fourth-order valence-electron chi connectivity index (χ4n) is 2.67.